The minimum atomic E-state index is 0.761. The van der Waals surface area contributed by atoms with Gasteiger partial charge in [0, 0.05) is 19.1 Å². The van der Waals surface area contributed by atoms with Crippen LogP contribution in [0.5, 0.6) is 0 Å². The number of nitrogens with zero attached hydrogens (tertiary/aromatic N) is 2. The van der Waals surface area contributed by atoms with Crippen molar-refractivity contribution in [2.45, 2.75) is 6.04 Å². The van der Waals surface area contributed by atoms with Crippen molar-refractivity contribution in [3.63, 3.8) is 0 Å². The lowest BCUT2D eigenvalue weighted by Gasteiger charge is -2.49. The minimum absolute atomic E-state index is 0.761. The van der Waals surface area contributed by atoms with Crippen LogP contribution < -0.4 is 0 Å². The normalized spacial score (nSPS) is 30.3. The number of hydrogen-bond donors (Lipinski definition) is 0. The van der Waals surface area contributed by atoms with Gasteiger partial charge in [0.15, 0.2) is 0 Å². The molecule has 2 rings (SSSR count). The van der Waals surface area contributed by atoms with Gasteiger partial charge in [-0.1, -0.05) is 0 Å². The van der Waals surface area contributed by atoms with Crippen molar-refractivity contribution in [3.05, 3.63) is 7.05 Å². The van der Waals surface area contributed by atoms with Crippen LogP contribution in [-0.4, -0.2) is 55.2 Å². The van der Waals surface area contributed by atoms with Crippen LogP contribution in [0.1, 0.15) is 0 Å². The fourth-order valence-electron chi connectivity index (χ4n) is 1.72. The molecule has 2 heterocycles. The molecule has 0 radical (unpaired) electrons. The van der Waals surface area contributed by atoms with Crippen molar-refractivity contribution in [1.82, 2.24) is 9.80 Å². The van der Waals surface area contributed by atoms with Crippen LogP contribution in [0.4, 0.5) is 0 Å². The number of ether oxygens (including phenoxy) is 1. The molecule has 11 heavy (non-hydrogen) atoms. The molecule has 2 saturated heterocycles. The molecule has 0 bridgehead atoms. The zero-order valence-corrected chi connectivity index (χ0v) is 6.83. The van der Waals surface area contributed by atoms with Gasteiger partial charge in [-0.25, -0.2) is 0 Å². The molecule has 0 aromatic rings. The molecule has 3 nitrogen and oxygen atoms in total. The standard InChI is InChI=1S/C8H15N2O/c1-9-6-8(7-9)10-2-4-11-5-3-10/h8H,1-7H2/q-1. The van der Waals surface area contributed by atoms with Gasteiger partial charge < -0.3 is 9.64 Å². The number of morpholine rings is 1. The Hall–Kier alpha value is -0.120. The Bertz CT molecular complexity index is 128. The smallest absolute Gasteiger partial charge is 0.0594 e. The highest BCUT2D eigenvalue weighted by Crippen LogP contribution is 2.14. The largest absolute Gasteiger partial charge is 0.457 e. The Morgan fingerprint density at radius 2 is 1.82 bits per heavy atom. The van der Waals surface area contributed by atoms with E-state index >= 15 is 0 Å². The molecule has 0 atom stereocenters. The topological polar surface area (TPSA) is 15.7 Å². The van der Waals surface area contributed by atoms with E-state index in [-0.39, 0.29) is 0 Å². The highest BCUT2D eigenvalue weighted by molar-refractivity contribution is 4.88. The Balaban J connectivity index is 1.76. The fourth-order valence-corrected chi connectivity index (χ4v) is 1.72. The zero-order valence-electron chi connectivity index (χ0n) is 6.83. The van der Waals surface area contributed by atoms with Crippen molar-refractivity contribution in [3.8, 4) is 0 Å². The maximum Gasteiger partial charge on any atom is 0.0594 e. The molecule has 0 spiro atoms. The van der Waals surface area contributed by atoms with E-state index in [1.807, 2.05) is 0 Å². The Kier molecular flexibility index (Phi) is 2.11. The van der Waals surface area contributed by atoms with Crippen LogP contribution in [0.2, 0.25) is 0 Å². The van der Waals surface area contributed by atoms with Crippen LogP contribution in [0.25, 0.3) is 0 Å². The summed E-state index contributed by atoms with van der Waals surface area (Å²) in [4.78, 5) is 4.62. The Morgan fingerprint density at radius 3 is 2.36 bits per heavy atom. The first-order valence-corrected chi connectivity index (χ1v) is 4.23. The third kappa shape index (κ3) is 1.55. The summed E-state index contributed by atoms with van der Waals surface area (Å²) in [6.07, 6.45) is 0. The quantitative estimate of drug-likeness (QED) is 0.487. The summed E-state index contributed by atoms with van der Waals surface area (Å²) >= 11 is 0. The highest BCUT2D eigenvalue weighted by atomic mass is 16.5. The van der Waals surface area contributed by atoms with E-state index in [4.69, 9.17) is 4.74 Å². The van der Waals surface area contributed by atoms with Crippen LogP contribution in [0.15, 0.2) is 0 Å². The van der Waals surface area contributed by atoms with Gasteiger partial charge in [0.05, 0.1) is 13.2 Å². The lowest BCUT2D eigenvalue weighted by Crippen LogP contribution is -2.59. The van der Waals surface area contributed by atoms with Crippen molar-refractivity contribution < 1.29 is 4.74 Å². The second-order valence-corrected chi connectivity index (χ2v) is 3.34. The van der Waals surface area contributed by atoms with Crippen LogP contribution in [-0.2, 0) is 4.74 Å². The summed E-state index contributed by atoms with van der Waals surface area (Å²) < 4.78 is 5.27. The molecule has 0 N–H and O–H groups in total. The van der Waals surface area contributed by atoms with Crippen molar-refractivity contribution in [1.29, 1.82) is 0 Å². The van der Waals surface area contributed by atoms with E-state index in [0.29, 0.717) is 0 Å². The molecular formula is C8H15N2O-. The van der Waals surface area contributed by atoms with Gasteiger partial charge in [0.25, 0.3) is 0 Å². The lowest BCUT2D eigenvalue weighted by atomic mass is 10.1. The molecule has 2 aliphatic rings. The molecular weight excluding hydrogens is 140 g/mol. The van der Waals surface area contributed by atoms with E-state index in [2.05, 4.69) is 16.8 Å². The second kappa shape index (κ2) is 3.09. The molecule has 0 aliphatic carbocycles. The molecule has 64 valence electrons. The first-order chi connectivity index (χ1) is 5.36. The van der Waals surface area contributed by atoms with Crippen molar-refractivity contribution in [2.24, 2.45) is 0 Å². The molecule has 2 fully saturated rings. The summed E-state index contributed by atoms with van der Waals surface area (Å²) in [5.41, 5.74) is 0. The first kappa shape index (κ1) is 7.53. The molecule has 0 amide bonds. The molecule has 0 unspecified atom stereocenters. The molecule has 0 aromatic heterocycles. The van der Waals surface area contributed by atoms with E-state index in [1.54, 1.807) is 0 Å². The Morgan fingerprint density at radius 1 is 1.18 bits per heavy atom. The maximum atomic E-state index is 5.27. The lowest BCUT2D eigenvalue weighted by molar-refractivity contribution is -0.0201. The van der Waals surface area contributed by atoms with Crippen LogP contribution in [0.3, 0.4) is 0 Å². The number of hydrogen-bond acceptors (Lipinski definition) is 3. The second-order valence-electron chi connectivity index (χ2n) is 3.34. The summed E-state index contributed by atoms with van der Waals surface area (Å²) in [6.45, 7) is 6.32. The Labute approximate surface area is 67.9 Å². The average molecular weight is 155 g/mol. The summed E-state index contributed by atoms with van der Waals surface area (Å²) in [7, 11) is 3.86. The highest BCUT2D eigenvalue weighted by Gasteiger charge is 2.26. The fraction of sp³-hybridized carbons (Fsp3) is 0.875. The average Bonchev–Trinajstić information content (AvgIpc) is 2.01. The van der Waals surface area contributed by atoms with Gasteiger partial charge in [0.2, 0.25) is 0 Å². The SMILES string of the molecule is [CH2-]N1CC(N2CCOCC2)C1. The predicted octanol–water partition coefficient (Wildman–Crippen LogP) is -0.206. The maximum absolute atomic E-state index is 5.27. The molecule has 2 aliphatic heterocycles. The first-order valence-electron chi connectivity index (χ1n) is 4.23. The summed E-state index contributed by atoms with van der Waals surface area (Å²) in [6, 6.07) is 0.761. The van der Waals surface area contributed by atoms with E-state index in [0.717, 1.165) is 45.4 Å². The summed E-state index contributed by atoms with van der Waals surface area (Å²) in [5, 5.41) is 0. The summed E-state index contributed by atoms with van der Waals surface area (Å²) in [5.74, 6) is 0. The zero-order chi connectivity index (χ0) is 7.68. The third-order valence-electron chi connectivity index (χ3n) is 2.50. The van der Waals surface area contributed by atoms with Gasteiger partial charge in [-0.2, -0.15) is 0 Å². The monoisotopic (exact) mass is 155 g/mol. The molecule has 3 heteroatoms. The van der Waals surface area contributed by atoms with E-state index in [1.165, 1.54) is 0 Å². The van der Waals surface area contributed by atoms with Gasteiger partial charge in [-0.05, 0) is 13.1 Å². The van der Waals surface area contributed by atoms with Gasteiger partial charge in [0.1, 0.15) is 0 Å². The molecule has 0 saturated carbocycles. The van der Waals surface area contributed by atoms with Crippen LogP contribution in [0, 0.1) is 7.05 Å². The number of rotatable bonds is 1. The van der Waals surface area contributed by atoms with E-state index in [9.17, 15) is 0 Å². The van der Waals surface area contributed by atoms with Crippen molar-refractivity contribution >= 4 is 0 Å². The predicted molar refractivity (Wildman–Crippen MR) is 43.1 cm³/mol. The third-order valence-corrected chi connectivity index (χ3v) is 2.50. The van der Waals surface area contributed by atoms with Crippen LogP contribution >= 0.6 is 0 Å². The molecule has 0 aromatic carbocycles. The number of likely N-dealkylation sites (tertiary alicyclic amines) is 1. The van der Waals surface area contributed by atoms with Gasteiger partial charge in [-0.15, -0.1) is 0 Å². The van der Waals surface area contributed by atoms with Gasteiger partial charge >= 0.3 is 0 Å². The van der Waals surface area contributed by atoms with E-state index < -0.39 is 0 Å². The minimum Gasteiger partial charge on any atom is -0.457 e. The van der Waals surface area contributed by atoms with Crippen molar-refractivity contribution in [2.75, 3.05) is 39.4 Å². The van der Waals surface area contributed by atoms with Gasteiger partial charge in [-0.3, -0.25) is 11.9 Å².